The van der Waals surface area contributed by atoms with Crippen molar-refractivity contribution in [2.75, 3.05) is 26.4 Å². The van der Waals surface area contributed by atoms with Crippen LogP contribution in [0.2, 0.25) is 0 Å². The Labute approximate surface area is 75.8 Å². The Morgan fingerprint density at radius 1 is 1.58 bits per heavy atom. The van der Waals surface area contributed by atoms with Crippen molar-refractivity contribution in [3.8, 4) is 0 Å². The summed E-state index contributed by atoms with van der Waals surface area (Å²) in [5.41, 5.74) is 0. The lowest BCUT2D eigenvalue weighted by molar-refractivity contribution is 0.333. The molecule has 0 N–H and O–H groups in total. The van der Waals surface area contributed by atoms with Crippen LogP contribution in [0.15, 0.2) is 24.0 Å². The van der Waals surface area contributed by atoms with Crippen molar-refractivity contribution in [2.24, 2.45) is 0 Å². The molecule has 0 aromatic rings. The molecule has 0 amide bonds. The first kappa shape index (κ1) is 9.32. The first-order chi connectivity index (χ1) is 5.61. The number of nitrogens with zero attached hydrogens (tertiary/aromatic N) is 2. The molecule has 0 aromatic carbocycles. The second-order valence-electron chi connectivity index (χ2n) is 2.82. The maximum atomic E-state index is 11.2. The average Bonchev–Trinajstić information content (AvgIpc) is 2.07. The van der Waals surface area contributed by atoms with Gasteiger partial charge in [-0.25, -0.2) is 0 Å². The van der Waals surface area contributed by atoms with Gasteiger partial charge in [0.2, 0.25) is 0 Å². The summed E-state index contributed by atoms with van der Waals surface area (Å²) in [6, 6.07) is 0. The van der Waals surface area contributed by atoms with Crippen molar-refractivity contribution >= 4 is 10.8 Å². The summed E-state index contributed by atoms with van der Waals surface area (Å²) in [7, 11) is 3.02. The van der Waals surface area contributed by atoms with Gasteiger partial charge in [0.15, 0.2) is 0 Å². The second-order valence-corrected chi connectivity index (χ2v) is 4.26. The SMILES string of the molecule is C=C1N(C)/C=C\S(=O)CCN1C. The van der Waals surface area contributed by atoms with E-state index in [-0.39, 0.29) is 0 Å². The molecule has 0 radical (unpaired) electrons. The van der Waals surface area contributed by atoms with Crippen molar-refractivity contribution in [1.29, 1.82) is 0 Å². The van der Waals surface area contributed by atoms with E-state index < -0.39 is 10.8 Å². The Kier molecular flexibility index (Phi) is 2.92. The summed E-state index contributed by atoms with van der Waals surface area (Å²) >= 11 is 0. The largest absolute Gasteiger partial charge is 0.361 e. The molecule has 1 aliphatic heterocycles. The Morgan fingerprint density at radius 2 is 2.25 bits per heavy atom. The average molecular weight is 186 g/mol. The summed E-state index contributed by atoms with van der Waals surface area (Å²) in [5, 5.41) is 1.71. The molecule has 0 fully saturated rings. The van der Waals surface area contributed by atoms with Crippen LogP contribution in [0, 0.1) is 0 Å². The molecule has 1 atom stereocenters. The highest BCUT2D eigenvalue weighted by Crippen LogP contribution is 2.07. The molecule has 3 nitrogen and oxygen atoms in total. The lowest BCUT2D eigenvalue weighted by atomic mass is 10.5. The fourth-order valence-electron chi connectivity index (χ4n) is 0.938. The minimum atomic E-state index is -0.830. The molecule has 0 spiro atoms. The molecular weight excluding hydrogens is 172 g/mol. The minimum absolute atomic E-state index is 0.680. The van der Waals surface area contributed by atoms with Crippen LogP contribution in [0.3, 0.4) is 0 Å². The van der Waals surface area contributed by atoms with Gasteiger partial charge >= 0.3 is 0 Å². The van der Waals surface area contributed by atoms with E-state index in [2.05, 4.69) is 6.58 Å². The van der Waals surface area contributed by atoms with Gasteiger partial charge in [0, 0.05) is 48.8 Å². The van der Waals surface area contributed by atoms with Gasteiger partial charge in [-0.15, -0.1) is 0 Å². The van der Waals surface area contributed by atoms with Gasteiger partial charge in [0.25, 0.3) is 0 Å². The zero-order valence-corrected chi connectivity index (χ0v) is 8.30. The maximum Gasteiger partial charge on any atom is 0.100 e. The van der Waals surface area contributed by atoms with Crippen LogP contribution in [0.25, 0.3) is 0 Å². The van der Waals surface area contributed by atoms with E-state index in [0.29, 0.717) is 5.75 Å². The third kappa shape index (κ3) is 2.11. The highest BCUT2D eigenvalue weighted by atomic mass is 32.2. The lowest BCUT2D eigenvalue weighted by Crippen LogP contribution is -2.31. The molecule has 1 unspecified atom stereocenters. The molecule has 0 bridgehead atoms. The van der Waals surface area contributed by atoms with Crippen molar-refractivity contribution in [1.82, 2.24) is 9.80 Å². The lowest BCUT2D eigenvalue weighted by Gasteiger charge is -2.28. The monoisotopic (exact) mass is 186 g/mol. The van der Waals surface area contributed by atoms with Crippen molar-refractivity contribution < 1.29 is 4.21 Å². The third-order valence-corrected chi connectivity index (χ3v) is 2.92. The summed E-state index contributed by atoms with van der Waals surface area (Å²) < 4.78 is 11.2. The molecule has 0 aliphatic carbocycles. The number of hydrogen-bond acceptors (Lipinski definition) is 3. The molecule has 1 heterocycles. The molecular formula is C8H14N2OS. The smallest absolute Gasteiger partial charge is 0.100 e. The Balaban J connectivity index is 2.78. The van der Waals surface area contributed by atoms with Gasteiger partial charge in [0.05, 0.1) is 0 Å². The second kappa shape index (κ2) is 3.76. The van der Waals surface area contributed by atoms with E-state index in [9.17, 15) is 4.21 Å². The van der Waals surface area contributed by atoms with Crippen LogP contribution in [0.1, 0.15) is 0 Å². The van der Waals surface area contributed by atoms with Gasteiger partial charge in [-0.1, -0.05) is 6.58 Å². The number of hydrogen-bond donors (Lipinski definition) is 0. The molecule has 68 valence electrons. The molecule has 4 heteroatoms. The van der Waals surface area contributed by atoms with E-state index >= 15 is 0 Å². The normalized spacial score (nSPS) is 28.2. The van der Waals surface area contributed by atoms with Crippen LogP contribution in [0.4, 0.5) is 0 Å². The van der Waals surface area contributed by atoms with E-state index in [1.165, 1.54) is 0 Å². The Hall–Kier alpha value is -0.770. The quantitative estimate of drug-likeness (QED) is 0.552. The van der Waals surface area contributed by atoms with Gasteiger partial charge in [-0.2, -0.15) is 0 Å². The van der Waals surface area contributed by atoms with E-state index in [1.54, 1.807) is 11.6 Å². The van der Waals surface area contributed by atoms with Gasteiger partial charge < -0.3 is 9.80 Å². The fourth-order valence-corrected chi connectivity index (χ4v) is 1.85. The molecule has 1 aliphatic rings. The molecule has 0 aromatic heterocycles. The van der Waals surface area contributed by atoms with E-state index in [0.717, 1.165) is 12.4 Å². The highest BCUT2D eigenvalue weighted by molar-refractivity contribution is 7.87. The Bertz CT molecular complexity index is 237. The molecule has 12 heavy (non-hydrogen) atoms. The van der Waals surface area contributed by atoms with E-state index in [1.807, 2.05) is 23.9 Å². The van der Waals surface area contributed by atoms with Crippen molar-refractivity contribution in [2.45, 2.75) is 0 Å². The standard InChI is InChI=1S/C8H14N2OS/c1-8-9(2)4-6-12(11)7-5-10(8)3/h4,6H,1,5,7H2,2-3H3/b6-4-. The zero-order valence-electron chi connectivity index (χ0n) is 7.49. The van der Waals surface area contributed by atoms with Gasteiger partial charge in [-0.3, -0.25) is 4.21 Å². The van der Waals surface area contributed by atoms with Gasteiger partial charge in [0.1, 0.15) is 5.82 Å². The summed E-state index contributed by atoms with van der Waals surface area (Å²) in [4.78, 5) is 3.87. The number of rotatable bonds is 0. The zero-order chi connectivity index (χ0) is 9.14. The maximum absolute atomic E-state index is 11.2. The predicted molar refractivity (Wildman–Crippen MR) is 51.7 cm³/mol. The van der Waals surface area contributed by atoms with Crippen LogP contribution < -0.4 is 0 Å². The molecule has 0 saturated carbocycles. The molecule has 0 saturated heterocycles. The molecule has 1 rings (SSSR count). The first-order valence-electron chi connectivity index (χ1n) is 3.79. The van der Waals surface area contributed by atoms with E-state index in [4.69, 9.17) is 0 Å². The van der Waals surface area contributed by atoms with Crippen molar-refractivity contribution in [3.63, 3.8) is 0 Å². The first-order valence-corrected chi connectivity index (χ1v) is 5.18. The summed E-state index contributed by atoms with van der Waals surface area (Å²) in [6.07, 6.45) is 1.80. The minimum Gasteiger partial charge on any atom is -0.361 e. The van der Waals surface area contributed by atoms with Crippen LogP contribution in [0.5, 0.6) is 0 Å². The predicted octanol–water partition coefficient (Wildman–Crippen LogP) is 0.555. The van der Waals surface area contributed by atoms with Crippen LogP contribution in [-0.2, 0) is 10.8 Å². The topological polar surface area (TPSA) is 23.6 Å². The van der Waals surface area contributed by atoms with Crippen LogP contribution >= 0.6 is 0 Å². The van der Waals surface area contributed by atoms with Gasteiger partial charge in [-0.05, 0) is 0 Å². The fraction of sp³-hybridized carbons (Fsp3) is 0.500. The Morgan fingerprint density at radius 3 is 2.92 bits per heavy atom. The summed E-state index contributed by atoms with van der Waals surface area (Å²) in [5.74, 6) is 1.61. The third-order valence-electron chi connectivity index (χ3n) is 1.91. The summed E-state index contributed by atoms with van der Waals surface area (Å²) in [6.45, 7) is 4.70. The van der Waals surface area contributed by atoms with Crippen molar-refractivity contribution in [3.05, 3.63) is 24.0 Å². The van der Waals surface area contributed by atoms with Crippen LogP contribution in [-0.4, -0.2) is 40.4 Å². The highest BCUT2D eigenvalue weighted by Gasteiger charge is 2.09.